The molecule has 54 heavy (non-hydrogen) atoms. The predicted molar refractivity (Wildman–Crippen MR) is 221 cm³/mol. The van der Waals surface area contributed by atoms with Gasteiger partial charge in [-0.2, -0.15) is 0 Å². The van der Waals surface area contributed by atoms with Crippen LogP contribution in [0.2, 0.25) is 0 Å². The Morgan fingerprint density at radius 3 is 1.44 bits per heavy atom. The zero-order chi connectivity index (χ0) is 39.5. The van der Waals surface area contributed by atoms with E-state index < -0.39 is 49.5 Å². The quantitative estimate of drug-likeness (QED) is 0.0271. The second-order valence-corrected chi connectivity index (χ2v) is 15.9. The summed E-state index contributed by atoms with van der Waals surface area (Å²) in [5.41, 5.74) is 0. The number of allylic oxidation sites excluding steroid dienone is 3. The van der Waals surface area contributed by atoms with Crippen LogP contribution in [0.1, 0.15) is 200 Å². The number of hydrogen-bond acceptors (Lipinski definition) is 8. The number of hydrogen-bond donors (Lipinski definition) is 6. The predicted octanol–water partition coefficient (Wildman–Crippen LogP) is 9.11. The van der Waals surface area contributed by atoms with Crippen molar-refractivity contribution in [3.05, 3.63) is 24.3 Å². The van der Waals surface area contributed by atoms with Crippen LogP contribution >= 0.6 is 0 Å². The lowest BCUT2D eigenvalue weighted by atomic mass is 9.99. The van der Waals surface area contributed by atoms with Gasteiger partial charge in [0.2, 0.25) is 5.91 Å². The van der Waals surface area contributed by atoms with E-state index in [4.69, 9.17) is 9.47 Å². The van der Waals surface area contributed by atoms with E-state index in [1.54, 1.807) is 6.08 Å². The Morgan fingerprint density at radius 2 is 1.02 bits per heavy atom. The first-order valence-corrected chi connectivity index (χ1v) is 22.5. The van der Waals surface area contributed by atoms with Gasteiger partial charge >= 0.3 is 0 Å². The van der Waals surface area contributed by atoms with Crippen molar-refractivity contribution in [3.8, 4) is 0 Å². The number of amides is 1. The van der Waals surface area contributed by atoms with E-state index in [0.717, 1.165) is 19.3 Å². The summed E-state index contributed by atoms with van der Waals surface area (Å²) in [6.07, 6.45) is 39.1. The maximum absolute atomic E-state index is 11.7. The molecule has 318 valence electrons. The molecular formula is C45H85NO8. The van der Waals surface area contributed by atoms with Gasteiger partial charge in [-0.3, -0.25) is 4.79 Å². The van der Waals surface area contributed by atoms with Crippen LogP contribution < -0.4 is 5.32 Å². The third kappa shape index (κ3) is 27.3. The highest BCUT2D eigenvalue weighted by atomic mass is 16.7. The van der Waals surface area contributed by atoms with Crippen molar-refractivity contribution in [1.29, 1.82) is 0 Å². The highest BCUT2D eigenvalue weighted by Crippen LogP contribution is 2.22. The monoisotopic (exact) mass is 768 g/mol. The summed E-state index contributed by atoms with van der Waals surface area (Å²) in [4.78, 5) is 11.7. The molecule has 9 heteroatoms. The fourth-order valence-corrected chi connectivity index (χ4v) is 7.27. The van der Waals surface area contributed by atoms with E-state index in [9.17, 15) is 30.3 Å². The van der Waals surface area contributed by atoms with E-state index in [2.05, 4.69) is 24.4 Å². The van der Waals surface area contributed by atoms with Gasteiger partial charge < -0.3 is 40.3 Å². The smallest absolute Gasteiger partial charge is 0.217 e. The molecule has 1 heterocycles. The second kappa shape index (κ2) is 36.0. The summed E-state index contributed by atoms with van der Waals surface area (Å²) in [6.45, 7) is 2.83. The Labute approximate surface area is 330 Å². The lowest BCUT2D eigenvalue weighted by molar-refractivity contribution is -0.302. The molecule has 1 aliphatic heterocycles. The van der Waals surface area contributed by atoms with E-state index in [1.807, 2.05) is 6.08 Å². The first-order valence-electron chi connectivity index (χ1n) is 22.5. The van der Waals surface area contributed by atoms with Crippen molar-refractivity contribution in [2.45, 2.75) is 243 Å². The van der Waals surface area contributed by atoms with E-state index >= 15 is 0 Å². The molecule has 1 rings (SSSR count). The van der Waals surface area contributed by atoms with Gasteiger partial charge in [0.1, 0.15) is 24.4 Å². The number of aliphatic hydroxyl groups excluding tert-OH is 5. The van der Waals surface area contributed by atoms with Gasteiger partial charge in [0.25, 0.3) is 0 Å². The van der Waals surface area contributed by atoms with Crippen LogP contribution in [0.25, 0.3) is 0 Å². The van der Waals surface area contributed by atoms with Gasteiger partial charge in [-0.15, -0.1) is 0 Å². The summed E-state index contributed by atoms with van der Waals surface area (Å²) in [5, 5.41) is 52.7. The van der Waals surface area contributed by atoms with Crippen LogP contribution in [-0.4, -0.2) is 87.5 Å². The number of nitrogens with one attached hydrogen (secondary N) is 1. The Morgan fingerprint density at radius 1 is 0.611 bits per heavy atom. The van der Waals surface area contributed by atoms with Gasteiger partial charge in [-0.05, 0) is 25.7 Å². The third-order valence-electron chi connectivity index (χ3n) is 10.8. The summed E-state index contributed by atoms with van der Waals surface area (Å²) >= 11 is 0. The molecule has 0 aromatic rings. The lowest BCUT2D eigenvalue weighted by Crippen LogP contribution is -2.60. The van der Waals surface area contributed by atoms with Crippen LogP contribution in [-0.2, 0) is 14.3 Å². The molecular weight excluding hydrogens is 682 g/mol. The molecule has 1 aliphatic rings. The van der Waals surface area contributed by atoms with Crippen molar-refractivity contribution in [1.82, 2.24) is 5.32 Å². The summed E-state index contributed by atoms with van der Waals surface area (Å²) in [6, 6.07) is -0.819. The molecule has 7 unspecified atom stereocenters. The van der Waals surface area contributed by atoms with E-state index in [-0.39, 0.29) is 12.5 Å². The zero-order valence-electron chi connectivity index (χ0n) is 34.7. The highest BCUT2D eigenvalue weighted by molar-refractivity contribution is 5.73. The SMILES string of the molecule is CCCCCCCCCCCCCCCCCCCCCCCCCCCC/C=C/CC/C=C/C(O)C(COC1OC(CO)C(O)C(O)C1O)NC(C)=O. The summed E-state index contributed by atoms with van der Waals surface area (Å²) < 4.78 is 10.9. The maximum Gasteiger partial charge on any atom is 0.217 e. The van der Waals surface area contributed by atoms with Crippen LogP contribution in [0, 0.1) is 0 Å². The third-order valence-corrected chi connectivity index (χ3v) is 10.8. The minimum Gasteiger partial charge on any atom is -0.394 e. The molecule has 0 spiro atoms. The Bertz CT molecular complexity index is 899. The second-order valence-electron chi connectivity index (χ2n) is 15.9. The fraction of sp³-hybridized carbons (Fsp3) is 0.889. The molecule has 1 fully saturated rings. The first kappa shape index (κ1) is 50.7. The molecule has 1 saturated heterocycles. The average Bonchev–Trinajstić information content (AvgIpc) is 3.16. The molecule has 0 aromatic heterocycles. The molecule has 0 aliphatic carbocycles. The molecule has 6 N–H and O–H groups in total. The van der Waals surface area contributed by atoms with Gasteiger partial charge in [-0.25, -0.2) is 0 Å². The molecule has 0 radical (unpaired) electrons. The molecule has 0 bridgehead atoms. The van der Waals surface area contributed by atoms with Crippen LogP contribution in [0.4, 0.5) is 0 Å². The number of carbonyl (C=O) groups is 1. The molecule has 9 nitrogen and oxygen atoms in total. The van der Waals surface area contributed by atoms with Gasteiger partial charge in [0, 0.05) is 6.92 Å². The Balaban J connectivity index is 1.92. The van der Waals surface area contributed by atoms with Crippen molar-refractivity contribution in [2.24, 2.45) is 0 Å². The summed E-state index contributed by atoms with van der Waals surface area (Å²) in [7, 11) is 0. The molecule has 1 amide bonds. The van der Waals surface area contributed by atoms with E-state index in [1.165, 1.54) is 174 Å². The van der Waals surface area contributed by atoms with Crippen molar-refractivity contribution in [2.75, 3.05) is 13.2 Å². The number of carbonyl (C=O) groups excluding carboxylic acids is 1. The Hall–Kier alpha value is -1.33. The number of aliphatic hydroxyl groups is 5. The minimum atomic E-state index is -1.56. The number of rotatable bonds is 37. The zero-order valence-corrected chi connectivity index (χ0v) is 34.7. The van der Waals surface area contributed by atoms with Crippen LogP contribution in [0.3, 0.4) is 0 Å². The molecule has 0 saturated carbocycles. The fourth-order valence-electron chi connectivity index (χ4n) is 7.27. The van der Waals surface area contributed by atoms with Gasteiger partial charge in [0.15, 0.2) is 6.29 Å². The molecule has 7 atom stereocenters. The van der Waals surface area contributed by atoms with Gasteiger partial charge in [0.05, 0.1) is 25.4 Å². The normalized spacial score (nSPS) is 21.6. The highest BCUT2D eigenvalue weighted by Gasteiger charge is 2.44. The van der Waals surface area contributed by atoms with Crippen molar-refractivity contribution in [3.63, 3.8) is 0 Å². The maximum atomic E-state index is 11.7. The van der Waals surface area contributed by atoms with Crippen molar-refractivity contribution >= 4 is 5.91 Å². The van der Waals surface area contributed by atoms with Crippen LogP contribution in [0.15, 0.2) is 24.3 Å². The van der Waals surface area contributed by atoms with Crippen molar-refractivity contribution < 1.29 is 39.8 Å². The largest absolute Gasteiger partial charge is 0.394 e. The number of unbranched alkanes of at least 4 members (excludes halogenated alkanes) is 27. The first-order chi connectivity index (χ1) is 26.3. The van der Waals surface area contributed by atoms with Crippen LogP contribution in [0.5, 0.6) is 0 Å². The summed E-state index contributed by atoms with van der Waals surface area (Å²) in [5.74, 6) is -0.362. The van der Waals surface area contributed by atoms with E-state index in [0.29, 0.717) is 0 Å². The standard InChI is InChI=1S/C45H85NO8/c1-3-4-5-6-7-8-9-10-11-12-13-14-15-16-17-18-19-20-21-22-23-24-25-26-27-28-29-30-31-32-33-34-35-40(49)39(46-38(2)48)37-53-45-44(52)43(51)42(50)41(36-47)54-45/h30-31,34-35,39-45,47,49-52H,3-29,32-33,36-37H2,1-2H3,(H,46,48)/b31-30+,35-34+. The Kier molecular flexibility index (Phi) is 33.8. The lowest BCUT2D eigenvalue weighted by Gasteiger charge is -2.40. The molecule has 0 aromatic carbocycles. The minimum absolute atomic E-state index is 0.215. The van der Waals surface area contributed by atoms with Gasteiger partial charge in [-0.1, -0.05) is 192 Å². The topological polar surface area (TPSA) is 149 Å². The average molecular weight is 768 g/mol. The number of ether oxygens (including phenoxy) is 2.